The van der Waals surface area contributed by atoms with Crippen molar-refractivity contribution in [2.75, 3.05) is 0 Å². The second kappa shape index (κ2) is 7.30. The van der Waals surface area contributed by atoms with E-state index in [1.807, 2.05) is 0 Å². The van der Waals surface area contributed by atoms with Gasteiger partial charge in [-0.1, -0.05) is 55.3 Å². The Hall–Kier alpha value is -2.30. The maximum atomic E-state index is 13.1. The van der Waals surface area contributed by atoms with Crippen LogP contribution in [0.25, 0.3) is 11.1 Å². The summed E-state index contributed by atoms with van der Waals surface area (Å²) in [5.74, 6) is 0.182. The number of carbonyl (C=O) groups excluding carboxylic acids is 1. The van der Waals surface area contributed by atoms with E-state index in [1.54, 1.807) is 30.3 Å². The van der Waals surface area contributed by atoms with Gasteiger partial charge in [0.2, 0.25) is 5.91 Å². The highest BCUT2D eigenvalue weighted by Crippen LogP contribution is 2.36. The largest absolute Gasteiger partial charge is 0.417 e. The summed E-state index contributed by atoms with van der Waals surface area (Å²) in [6.45, 7) is 0.399. The van der Waals surface area contributed by atoms with Crippen LogP contribution in [0.4, 0.5) is 13.2 Å². The van der Waals surface area contributed by atoms with E-state index in [4.69, 9.17) is 0 Å². The molecule has 0 radical (unpaired) electrons. The average molecular weight is 347 g/mol. The molecule has 0 atom stereocenters. The summed E-state index contributed by atoms with van der Waals surface area (Å²) in [6, 6.07) is 12.4. The van der Waals surface area contributed by atoms with Crippen molar-refractivity contribution >= 4 is 5.91 Å². The van der Waals surface area contributed by atoms with Crippen LogP contribution in [-0.2, 0) is 17.5 Å². The summed E-state index contributed by atoms with van der Waals surface area (Å²) in [6.07, 6.45) is -0.292. The Labute approximate surface area is 145 Å². The quantitative estimate of drug-likeness (QED) is 0.811. The molecule has 1 N–H and O–H groups in total. The Morgan fingerprint density at radius 1 is 1.00 bits per heavy atom. The van der Waals surface area contributed by atoms with Crippen molar-refractivity contribution in [1.82, 2.24) is 5.32 Å². The van der Waals surface area contributed by atoms with Crippen LogP contribution in [0.3, 0.4) is 0 Å². The lowest BCUT2D eigenvalue weighted by atomic mass is 9.98. The summed E-state index contributed by atoms with van der Waals surface area (Å²) < 4.78 is 39.4. The first kappa shape index (κ1) is 17.5. The number of benzene rings is 2. The lowest BCUT2D eigenvalue weighted by Gasteiger charge is -2.14. The molecule has 2 aromatic carbocycles. The first-order valence-corrected chi connectivity index (χ1v) is 8.48. The van der Waals surface area contributed by atoms with Crippen molar-refractivity contribution < 1.29 is 18.0 Å². The summed E-state index contributed by atoms with van der Waals surface area (Å²) in [5, 5.41) is 2.92. The van der Waals surface area contributed by atoms with Crippen LogP contribution >= 0.6 is 0 Å². The normalized spacial score (nSPS) is 15.3. The van der Waals surface area contributed by atoms with Gasteiger partial charge in [-0.3, -0.25) is 4.79 Å². The Morgan fingerprint density at radius 3 is 2.28 bits per heavy atom. The van der Waals surface area contributed by atoms with Crippen molar-refractivity contribution in [3.63, 3.8) is 0 Å². The van der Waals surface area contributed by atoms with E-state index in [0.717, 1.165) is 37.3 Å². The minimum atomic E-state index is -4.38. The monoisotopic (exact) mass is 347 g/mol. The molecule has 25 heavy (non-hydrogen) atoms. The molecule has 0 bridgehead atoms. The average Bonchev–Trinajstić information content (AvgIpc) is 3.14. The molecule has 0 unspecified atom stereocenters. The molecule has 1 amide bonds. The Kier molecular flexibility index (Phi) is 5.11. The first-order chi connectivity index (χ1) is 11.9. The standard InChI is InChI=1S/C20H20F3NO/c21-20(22,23)18-8-4-3-7-17(18)15-11-9-14(10-12-15)13-24-19(25)16-5-1-2-6-16/h3-4,7-12,16H,1-2,5-6,13H2,(H,24,25). The number of amides is 1. The number of hydrogen-bond acceptors (Lipinski definition) is 1. The molecule has 5 heteroatoms. The number of hydrogen-bond donors (Lipinski definition) is 1. The van der Waals surface area contributed by atoms with Gasteiger partial charge < -0.3 is 5.32 Å². The number of halogens is 3. The number of nitrogens with one attached hydrogen (secondary N) is 1. The first-order valence-electron chi connectivity index (χ1n) is 8.48. The predicted octanol–water partition coefficient (Wildman–Crippen LogP) is 5.18. The fourth-order valence-electron chi connectivity index (χ4n) is 3.31. The van der Waals surface area contributed by atoms with Gasteiger partial charge in [-0.05, 0) is 35.6 Å². The van der Waals surface area contributed by atoms with Gasteiger partial charge in [0, 0.05) is 12.5 Å². The second-order valence-corrected chi connectivity index (χ2v) is 6.44. The zero-order valence-electron chi connectivity index (χ0n) is 13.8. The van der Waals surface area contributed by atoms with E-state index in [9.17, 15) is 18.0 Å². The Bertz CT molecular complexity index is 731. The van der Waals surface area contributed by atoms with Gasteiger partial charge in [-0.15, -0.1) is 0 Å². The fraction of sp³-hybridized carbons (Fsp3) is 0.350. The smallest absolute Gasteiger partial charge is 0.352 e. The van der Waals surface area contributed by atoms with E-state index in [-0.39, 0.29) is 17.4 Å². The van der Waals surface area contributed by atoms with E-state index >= 15 is 0 Å². The van der Waals surface area contributed by atoms with Crippen LogP contribution in [0.15, 0.2) is 48.5 Å². The third-order valence-electron chi connectivity index (χ3n) is 4.69. The molecule has 1 aliphatic rings. The van der Waals surface area contributed by atoms with Crippen LogP contribution in [0.5, 0.6) is 0 Å². The highest BCUT2D eigenvalue weighted by molar-refractivity contribution is 5.78. The summed E-state index contributed by atoms with van der Waals surface area (Å²) in [7, 11) is 0. The van der Waals surface area contributed by atoms with Gasteiger partial charge in [0.1, 0.15) is 0 Å². The number of alkyl halides is 3. The topological polar surface area (TPSA) is 29.1 Å². The van der Waals surface area contributed by atoms with Crippen molar-refractivity contribution in [2.24, 2.45) is 5.92 Å². The maximum Gasteiger partial charge on any atom is 0.417 e. The summed E-state index contributed by atoms with van der Waals surface area (Å²) in [5.41, 5.74) is 0.909. The molecule has 0 aliphatic heterocycles. The van der Waals surface area contributed by atoms with Crippen LogP contribution in [0.1, 0.15) is 36.8 Å². The molecule has 3 rings (SSSR count). The fourth-order valence-corrected chi connectivity index (χ4v) is 3.31. The molecular formula is C20H20F3NO. The Morgan fingerprint density at radius 2 is 1.64 bits per heavy atom. The number of rotatable bonds is 4. The van der Waals surface area contributed by atoms with E-state index in [1.165, 1.54) is 12.1 Å². The Balaban J connectivity index is 1.70. The minimum absolute atomic E-state index is 0.0731. The van der Waals surface area contributed by atoms with Gasteiger partial charge in [0.15, 0.2) is 0 Å². The molecule has 0 heterocycles. The third kappa shape index (κ3) is 4.21. The lowest BCUT2D eigenvalue weighted by Crippen LogP contribution is -2.28. The molecule has 0 saturated heterocycles. The van der Waals surface area contributed by atoms with Crippen molar-refractivity contribution in [3.8, 4) is 11.1 Å². The molecular weight excluding hydrogens is 327 g/mol. The van der Waals surface area contributed by atoms with Gasteiger partial charge in [-0.25, -0.2) is 0 Å². The lowest BCUT2D eigenvalue weighted by molar-refractivity contribution is -0.137. The molecule has 2 aromatic rings. The zero-order valence-corrected chi connectivity index (χ0v) is 13.8. The molecule has 2 nitrogen and oxygen atoms in total. The predicted molar refractivity (Wildman–Crippen MR) is 90.7 cm³/mol. The minimum Gasteiger partial charge on any atom is -0.352 e. The van der Waals surface area contributed by atoms with Gasteiger partial charge >= 0.3 is 6.18 Å². The van der Waals surface area contributed by atoms with Gasteiger partial charge in [0.05, 0.1) is 5.56 Å². The molecule has 1 saturated carbocycles. The van der Waals surface area contributed by atoms with Crippen molar-refractivity contribution in [3.05, 3.63) is 59.7 Å². The SMILES string of the molecule is O=C(NCc1ccc(-c2ccccc2C(F)(F)F)cc1)C1CCCC1. The van der Waals surface area contributed by atoms with Gasteiger partial charge in [-0.2, -0.15) is 13.2 Å². The molecule has 1 aliphatic carbocycles. The van der Waals surface area contributed by atoms with E-state index < -0.39 is 11.7 Å². The second-order valence-electron chi connectivity index (χ2n) is 6.44. The van der Waals surface area contributed by atoms with Crippen molar-refractivity contribution in [1.29, 1.82) is 0 Å². The highest BCUT2D eigenvalue weighted by Gasteiger charge is 2.33. The molecule has 0 aromatic heterocycles. The van der Waals surface area contributed by atoms with Crippen molar-refractivity contribution in [2.45, 2.75) is 38.4 Å². The summed E-state index contributed by atoms with van der Waals surface area (Å²) in [4.78, 5) is 12.0. The van der Waals surface area contributed by atoms with Crippen LogP contribution in [-0.4, -0.2) is 5.91 Å². The number of carbonyl (C=O) groups is 1. The van der Waals surface area contributed by atoms with E-state index in [0.29, 0.717) is 12.1 Å². The van der Waals surface area contributed by atoms with Gasteiger partial charge in [0.25, 0.3) is 0 Å². The third-order valence-corrected chi connectivity index (χ3v) is 4.69. The molecule has 1 fully saturated rings. The van der Waals surface area contributed by atoms with Crippen LogP contribution in [0.2, 0.25) is 0 Å². The zero-order chi connectivity index (χ0) is 17.9. The molecule has 0 spiro atoms. The highest BCUT2D eigenvalue weighted by atomic mass is 19.4. The van der Waals surface area contributed by atoms with Crippen LogP contribution < -0.4 is 5.32 Å². The maximum absolute atomic E-state index is 13.1. The van der Waals surface area contributed by atoms with Crippen LogP contribution in [0, 0.1) is 5.92 Å². The van der Waals surface area contributed by atoms with E-state index in [2.05, 4.69) is 5.32 Å². The molecule has 132 valence electrons. The summed E-state index contributed by atoms with van der Waals surface area (Å²) >= 11 is 0.